The van der Waals surface area contributed by atoms with Crippen LogP contribution >= 0.6 is 0 Å². The molecule has 0 aromatic heterocycles. The maximum Gasteiger partial charge on any atom is 0.342 e. The Morgan fingerprint density at radius 2 is 1.82 bits per heavy atom. The molecule has 2 aromatic carbocycles. The Morgan fingerprint density at radius 1 is 1.18 bits per heavy atom. The molecule has 0 spiro atoms. The third-order valence-electron chi connectivity index (χ3n) is 3.38. The molecule has 0 radical (unpaired) electrons. The lowest BCUT2D eigenvalue weighted by Gasteiger charge is -2.27. The van der Waals surface area contributed by atoms with Crippen molar-refractivity contribution in [3.63, 3.8) is 0 Å². The summed E-state index contributed by atoms with van der Waals surface area (Å²) in [6.07, 6.45) is 0. The van der Waals surface area contributed by atoms with Crippen LogP contribution in [0.25, 0.3) is 15.6 Å². The molecule has 22 heavy (non-hydrogen) atoms. The lowest BCUT2D eigenvalue weighted by molar-refractivity contribution is 0.431. The topological polar surface area (TPSA) is 109 Å². The number of hydrogen-bond donors (Lipinski definition) is 0. The fraction of sp³-hybridized carbons (Fsp3) is 0.133. The Hall–Kier alpha value is -2.92. The van der Waals surface area contributed by atoms with Crippen LogP contribution < -0.4 is 0 Å². The van der Waals surface area contributed by atoms with Gasteiger partial charge in [0.05, 0.1) is 6.07 Å². The molecule has 0 saturated heterocycles. The summed E-state index contributed by atoms with van der Waals surface area (Å²) in [6, 6.07) is 12.0. The molecular weight excluding hydrogens is 302 g/mol. The number of rotatable bonds is 3. The van der Waals surface area contributed by atoms with Crippen molar-refractivity contribution in [2.45, 2.75) is 10.8 Å². The zero-order valence-electron chi connectivity index (χ0n) is 11.1. The Morgan fingerprint density at radius 3 is 2.32 bits per heavy atom. The summed E-state index contributed by atoms with van der Waals surface area (Å²) in [5, 5.41) is 19.7. The average molecular weight is 310 g/mol. The van der Waals surface area contributed by atoms with Gasteiger partial charge in [0.1, 0.15) is 10.1 Å². The Balaban J connectivity index is 2.87. The normalized spacial score (nSPS) is 15.0. The Kier molecular flexibility index (Phi) is 3.84. The van der Waals surface area contributed by atoms with Gasteiger partial charge in [0, 0.05) is 0 Å². The van der Waals surface area contributed by atoms with Crippen molar-refractivity contribution in [3.05, 3.63) is 59.4 Å². The second-order valence-electron chi connectivity index (χ2n) is 4.52. The van der Waals surface area contributed by atoms with Crippen molar-refractivity contribution < 1.29 is 13.0 Å². The van der Waals surface area contributed by atoms with Crippen molar-refractivity contribution in [2.75, 3.05) is 0 Å². The quantitative estimate of drug-likeness (QED) is 0.635. The molecule has 0 N–H and O–H groups in total. The highest BCUT2D eigenvalue weighted by molar-refractivity contribution is 7.87. The summed E-state index contributed by atoms with van der Waals surface area (Å²) in [5.41, 5.74) is -0.175. The molecule has 0 saturated carbocycles. The average Bonchev–Trinajstić information content (AvgIpc) is 2.50. The number of nitrogens with zero attached hydrogens (tertiary/aromatic N) is 3. The minimum absolute atomic E-state index is 0.175. The van der Waals surface area contributed by atoms with Gasteiger partial charge >= 0.3 is 6.04 Å². The van der Waals surface area contributed by atoms with Crippen LogP contribution in [0.1, 0.15) is 5.56 Å². The molecule has 0 amide bonds. The molecule has 2 atom stereocenters. The lowest BCUT2D eigenvalue weighted by atomic mass is 9.91. The summed E-state index contributed by atoms with van der Waals surface area (Å²) in [6.45, 7) is 6.96. The van der Waals surface area contributed by atoms with E-state index in [9.17, 15) is 18.2 Å². The maximum absolute atomic E-state index is 11.7. The van der Waals surface area contributed by atoms with E-state index in [1.54, 1.807) is 30.3 Å². The number of nitriles is 2. The van der Waals surface area contributed by atoms with Crippen molar-refractivity contribution in [1.29, 1.82) is 10.5 Å². The first-order valence-corrected chi connectivity index (χ1v) is 7.43. The second-order valence-corrected chi connectivity index (χ2v) is 6.08. The second kappa shape index (κ2) is 5.46. The summed E-state index contributed by atoms with van der Waals surface area (Å²) in [4.78, 5) is 2.86. The van der Waals surface area contributed by atoms with Gasteiger partial charge in [-0.2, -0.15) is 10.5 Å². The van der Waals surface area contributed by atoms with E-state index in [0.717, 1.165) is 5.39 Å². The van der Waals surface area contributed by atoms with E-state index in [2.05, 4.69) is 4.85 Å². The molecule has 0 aliphatic carbocycles. The number of benzene rings is 2. The highest BCUT2D eigenvalue weighted by Gasteiger charge is 2.53. The molecule has 0 aliphatic heterocycles. The van der Waals surface area contributed by atoms with Crippen molar-refractivity contribution >= 4 is 20.9 Å². The van der Waals surface area contributed by atoms with E-state index in [1.165, 1.54) is 24.3 Å². The van der Waals surface area contributed by atoms with Crippen LogP contribution in [-0.2, 0) is 14.9 Å². The van der Waals surface area contributed by atoms with E-state index in [-0.39, 0.29) is 5.56 Å². The first kappa shape index (κ1) is 15.5. The SMILES string of the molecule is [C-]#[N+]C(C#N)C(C#N)(c1ccc2ccccc2c1)S(=O)(=O)[O-]. The largest absolute Gasteiger partial charge is 0.746 e. The lowest BCUT2D eigenvalue weighted by Crippen LogP contribution is -2.43. The fourth-order valence-electron chi connectivity index (χ4n) is 2.25. The van der Waals surface area contributed by atoms with Crippen LogP contribution in [0.4, 0.5) is 0 Å². The monoisotopic (exact) mass is 310 g/mol. The van der Waals surface area contributed by atoms with Gasteiger partial charge in [-0.25, -0.2) is 15.0 Å². The molecule has 0 aliphatic rings. The predicted molar refractivity (Wildman–Crippen MR) is 76.9 cm³/mol. The van der Waals surface area contributed by atoms with E-state index < -0.39 is 20.9 Å². The Labute approximate surface area is 127 Å². The van der Waals surface area contributed by atoms with Crippen molar-refractivity contribution in [2.24, 2.45) is 0 Å². The number of hydrogen-bond acceptors (Lipinski definition) is 5. The molecular formula is C15H8N3O3S-. The third-order valence-corrected chi connectivity index (χ3v) is 4.71. The molecule has 2 rings (SSSR count). The molecule has 7 heteroatoms. The van der Waals surface area contributed by atoms with E-state index in [0.29, 0.717) is 5.39 Å². The van der Waals surface area contributed by atoms with Gasteiger partial charge in [0.25, 0.3) is 4.75 Å². The first-order valence-electron chi connectivity index (χ1n) is 6.03. The van der Waals surface area contributed by atoms with Gasteiger partial charge in [0.2, 0.25) is 0 Å². The van der Waals surface area contributed by atoms with E-state index in [4.69, 9.17) is 11.8 Å². The molecule has 2 unspecified atom stereocenters. The van der Waals surface area contributed by atoms with Gasteiger partial charge in [-0.3, -0.25) is 4.85 Å². The van der Waals surface area contributed by atoms with Crippen LogP contribution in [0.2, 0.25) is 0 Å². The van der Waals surface area contributed by atoms with Gasteiger partial charge in [-0.1, -0.05) is 36.4 Å². The molecule has 0 bridgehead atoms. The zero-order valence-corrected chi connectivity index (χ0v) is 11.9. The zero-order chi connectivity index (χ0) is 16.4. The van der Waals surface area contributed by atoms with Crippen molar-refractivity contribution in [3.8, 4) is 12.1 Å². The van der Waals surface area contributed by atoms with Gasteiger partial charge in [-0.05, 0) is 22.4 Å². The minimum atomic E-state index is -5.27. The summed E-state index contributed by atoms with van der Waals surface area (Å²) in [7, 11) is -5.27. The third kappa shape index (κ3) is 2.17. The van der Waals surface area contributed by atoms with Gasteiger partial charge in [0.15, 0.2) is 6.07 Å². The maximum atomic E-state index is 11.7. The van der Waals surface area contributed by atoms with Crippen molar-refractivity contribution in [1.82, 2.24) is 0 Å². The van der Waals surface area contributed by atoms with Crippen LogP contribution in [0.5, 0.6) is 0 Å². The molecule has 0 heterocycles. The molecule has 2 aromatic rings. The smallest absolute Gasteiger partial charge is 0.342 e. The molecule has 108 valence electrons. The van der Waals surface area contributed by atoms with Crippen LogP contribution in [0, 0.1) is 29.2 Å². The number of fused-ring (bicyclic) bond motifs is 1. The minimum Gasteiger partial charge on any atom is -0.746 e. The predicted octanol–water partition coefficient (Wildman–Crippen LogP) is 1.92. The Bertz CT molecular complexity index is 950. The van der Waals surface area contributed by atoms with E-state index in [1.807, 2.05) is 0 Å². The van der Waals surface area contributed by atoms with Crippen LogP contribution in [-0.4, -0.2) is 19.0 Å². The van der Waals surface area contributed by atoms with Gasteiger partial charge in [-0.15, -0.1) is 0 Å². The first-order chi connectivity index (χ1) is 10.4. The van der Waals surface area contributed by atoms with Gasteiger partial charge < -0.3 is 4.55 Å². The summed E-state index contributed by atoms with van der Waals surface area (Å²) >= 11 is 0. The molecule has 6 nitrogen and oxygen atoms in total. The highest BCUT2D eigenvalue weighted by Crippen LogP contribution is 2.36. The van der Waals surface area contributed by atoms with E-state index >= 15 is 0 Å². The summed E-state index contributed by atoms with van der Waals surface area (Å²) < 4.78 is 32.4. The van der Waals surface area contributed by atoms with Crippen LogP contribution in [0.3, 0.4) is 0 Å². The van der Waals surface area contributed by atoms with Crippen LogP contribution in [0.15, 0.2) is 42.5 Å². The fourth-order valence-corrected chi connectivity index (χ4v) is 3.16. The summed E-state index contributed by atoms with van der Waals surface area (Å²) in [5.74, 6) is 0. The molecule has 0 fully saturated rings. The highest BCUT2D eigenvalue weighted by atomic mass is 32.2. The standard InChI is InChI=1S/C15H9N3O3S/c1-18-14(9-16)15(10-17,22(19,20)21)13-7-6-11-4-2-3-5-12(11)8-13/h2-8,14H,(H,19,20,21)/p-1.